The minimum absolute atomic E-state index is 0.0494. The second kappa shape index (κ2) is 5.20. The number of nitrogens with two attached hydrogens (primary N) is 2. The molecule has 0 atom stereocenters. The summed E-state index contributed by atoms with van der Waals surface area (Å²) in [5, 5.41) is 5.06. The van der Waals surface area contributed by atoms with Gasteiger partial charge in [0.25, 0.3) is 0 Å². The molecule has 2 aromatic rings. The molecule has 2 aromatic carbocycles. The average molecular weight is 343 g/mol. The van der Waals surface area contributed by atoms with Crippen molar-refractivity contribution in [1.29, 1.82) is 0 Å². The molecule has 0 saturated carbocycles. The van der Waals surface area contributed by atoms with E-state index in [0.29, 0.717) is 11.4 Å². The summed E-state index contributed by atoms with van der Waals surface area (Å²) in [6, 6.07) is 11.2. The van der Waals surface area contributed by atoms with Gasteiger partial charge in [-0.15, -0.1) is 0 Å². The van der Waals surface area contributed by atoms with Crippen molar-refractivity contribution in [2.24, 2.45) is 5.14 Å². The molecular weight excluding hydrogens is 332 g/mol. The van der Waals surface area contributed by atoms with Gasteiger partial charge in [0, 0.05) is 10.5 Å². The van der Waals surface area contributed by atoms with Crippen molar-refractivity contribution in [3.8, 4) is 11.5 Å². The van der Waals surface area contributed by atoms with E-state index in [1.54, 1.807) is 18.2 Å². The van der Waals surface area contributed by atoms with Crippen LogP contribution in [0.15, 0.2) is 51.8 Å². The second-order valence-corrected chi connectivity index (χ2v) is 6.28. The first kappa shape index (κ1) is 13.9. The first-order chi connectivity index (χ1) is 8.86. The third-order valence-corrected chi connectivity index (χ3v) is 3.74. The van der Waals surface area contributed by atoms with Gasteiger partial charge >= 0.3 is 0 Å². The molecule has 0 bridgehead atoms. The molecule has 0 aliphatic carbocycles. The highest BCUT2D eigenvalue weighted by Gasteiger charge is 2.11. The number of halogens is 1. The highest BCUT2D eigenvalue weighted by Crippen LogP contribution is 2.30. The molecular formula is C12H11BrN2O3S. The summed E-state index contributed by atoms with van der Waals surface area (Å²) < 4.78 is 28.9. The Morgan fingerprint density at radius 3 is 2.47 bits per heavy atom. The Balaban J connectivity index is 2.40. The van der Waals surface area contributed by atoms with Crippen LogP contribution in [0.5, 0.6) is 11.5 Å². The molecule has 7 heteroatoms. The maximum absolute atomic E-state index is 11.3. The predicted molar refractivity (Wildman–Crippen MR) is 76.4 cm³/mol. The topological polar surface area (TPSA) is 95.4 Å². The molecule has 0 aliphatic heterocycles. The van der Waals surface area contributed by atoms with Crippen molar-refractivity contribution in [2.45, 2.75) is 4.90 Å². The van der Waals surface area contributed by atoms with Crippen LogP contribution in [-0.4, -0.2) is 8.42 Å². The summed E-state index contributed by atoms with van der Waals surface area (Å²) in [7, 11) is -3.79. The Morgan fingerprint density at radius 1 is 1.11 bits per heavy atom. The number of sulfonamides is 1. The van der Waals surface area contributed by atoms with E-state index in [9.17, 15) is 8.42 Å². The molecule has 0 radical (unpaired) electrons. The van der Waals surface area contributed by atoms with Crippen LogP contribution < -0.4 is 15.6 Å². The summed E-state index contributed by atoms with van der Waals surface area (Å²) in [5.74, 6) is 0.775. The van der Waals surface area contributed by atoms with E-state index in [2.05, 4.69) is 15.9 Å². The summed E-state index contributed by atoms with van der Waals surface area (Å²) in [5.41, 5.74) is 6.07. The van der Waals surface area contributed by atoms with Gasteiger partial charge < -0.3 is 10.5 Å². The lowest BCUT2D eigenvalue weighted by molar-refractivity contribution is 0.483. The van der Waals surface area contributed by atoms with Crippen LogP contribution in [0.25, 0.3) is 0 Å². The number of ether oxygens (including phenoxy) is 1. The molecule has 100 valence electrons. The highest BCUT2D eigenvalue weighted by molar-refractivity contribution is 9.10. The standard InChI is InChI=1S/C12H11BrN2O3S/c13-8-2-1-3-9(6-8)18-12-7-10(19(15,16)17)4-5-11(12)14/h1-7H,14H2,(H2,15,16,17). The van der Waals surface area contributed by atoms with Crippen LogP contribution in [0, 0.1) is 0 Å². The maximum Gasteiger partial charge on any atom is 0.238 e. The lowest BCUT2D eigenvalue weighted by Gasteiger charge is -2.10. The number of benzene rings is 2. The zero-order valence-corrected chi connectivity index (χ0v) is 12.1. The molecule has 0 fully saturated rings. The Labute approximate surface area is 119 Å². The van der Waals surface area contributed by atoms with E-state index in [1.165, 1.54) is 18.2 Å². The summed E-state index contributed by atoms with van der Waals surface area (Å²) in [4.78, 5) is -0.0494. The SMILES string of the molecule is Nc1ccc(S(N)(=O)=O)cc1Oc1cccc(Br)c1. The van der Waals surface area contributed by atoms with Crippen molar-refractivity contribution in [2.75, 3.05) is 5.73 Å². The molecule has 0 aliphatic rings. The van der Waals surface area contributed by atoms with Gasteiger partial charge in [-0.3, -0.25) is 0 Å². The van der Waals surface area contributed by atoms with E-state index < -0.39 is 10.0 Å². The lowest BCUT2D eigenvalue weighted by Crippen LogP contribution is -2.12. The molecule has 0 amide bonds. The zero-order chi connectivity index (χ0) is 14.0. The number of hydrogen-bond acceptors (Lipinski definition) is 4. The fourth-order valence-electron chi connectivity index (χ4n) is 1.44. The predicted octanol–water partition coefficient (Wildman–Crippen LogP) is 2.47. The van der Waals surface area contributed by atoms with Gasteiger partial charge in [-0.25, -0.2) is 13.6 Å². The van der Waals surface area contributed by atoms with E-state index in [-0.39, 0.29) is 10.6 Å². The molecule has 0 spiro atoms. The van der Waals surface area contributed by atoms with Crippen molar-refractivity contribution >= 4 is 31.6 Å². The third-order valence-electron chi connectivity index (χ3n) is 2.34. The number of nitrogen functional groups attached to an aromatic ring is 1. The summed E-state index contributed by atoms with van der Waals surface area (Å²) >= 11 is 3.31. The van der Waals surface area contributed by atoms with E-state index in [0.717, 1.165) is 4.47 Å². The molecule has 19 heavy (non-hydrogen) atoms. The van der Waals surface area contributed by atoms with Gasteiger partial charge in [0.1, 0.15) is 5.75 Å². The third kappa shape index (κ3) is 3.46. The zero-order valence-electron chi connectivity index (χ0n) is 9.71. The normalized spacial score (nSPS) is 11.3. The Bertz CT molecular complexity index is 717. The first-order valence-corrected chi connectivity index (χ1v) is 7.56. The molecule has 0 unspecified atom stereocenters. The van der Waals surface area contributed by atoms with Gasteiger partial charge in [0.2, 0.25) is 10.0 Å². The fourth-order valence-corrected chi connectivity index (χ4v) is 2.34. The Morgan fingerprint density at radius 2 is 1.84 bits per heavy atom. The number of primary sulfonamides is 1. The molecule has 4 N–H and O–H groups in total. The average Bonchev–Trinajstić information content (AvgIpc) is 2.30. The lowest BCUT2D eigenvalue weighted by atomic mass is 10.3. The fraction of sp³-hybridized carbons (Fsp3) is 0. The minimum Gasteiger partial charge on any atom is -0.455 e. The van der Waals surface area contributed by atoms with Gasteiger partial charge in [-0.05, 0) is 30.3 Å². The van der Waals surface area contributed by atoms with E-state index in [4.69, 9.17) is 15.6 Å². The summed E-state index contributed by atoms with van der Waals surface area (Å²) in [6.45, 7) is 0. The number of rotatable bonds is 3. The Hall–Kier alpha value is -1.57. The second-order valence-electron chi connectivity index (χ2n) is 3.80. The van der Waals surface area contributed by atoms with Crippen molar-refractivity contribution in [3.63, 3.8) is 0 Å². The van der Waals surface area contributed by atoms with Gasteiger partial charge in [0.05, 0.1) is 10.6 Å². The smallest absolute Gasteiger partial charge is 0.238 e. The van der Waals surface area contributed by atoms with E-state index in [1.807, 2.05) is 6.07 Å². The quantitative estimate of drug-likeness (QED) is 0.837. The molecule has 0 heterocycles. The molecule has 0 saturated heterocycles. The van der Waals surface area contributed by atoms with Crippen molar-refractivity contribution in [1.82, 2.24) is 0 Å². The van der Waals surface area contributed by atoms with E-state index >= 15 is 0 Å². The monoisotopic (exact) mass is 342 g/mol. The molecule has 2 rings (SSSR count). The van der Waals surface area contributed by atoms with Crippen molar-refractivity contribution < 1.29 is 13.2 Å². The van der Waals surface area contributed by atoms with Gasteiger partial charge in [-0.1, -0.05) is 22.0 Å². The Kier molecular flexibility index (Phi) is 3.79. The minimum atomic E-state index is -3.79. The maximum atomic E-state index is 11.3. The summed E-state index contributed by atoms with van der Waals surface area (Å²) in [6.07, 6.45) is 0. The van der Waals surface area contributed by atoms with Crippen LogP contribution in [0.4, 0.5) is 5.69 Å². The van der Waals surface area contributed by atoms with Crippen LogP contribution >= 0.6 is 15.9 Å². The highest BCUT2D eigenvalue weighted by atomic mass is 79.9. The van der Waals surface area contributed by atoms with Gasteiger partial charge in [-0.2, -0.15) is 0 Å². The van der Waals surface area contributed by atoms with Crippen LogP contribution in [0.2, 0.25) is 0 Å². The van der Waals surface area contributed by atoms with Crippen LogP contribution in [-0.2, 0) is 10.0 Å². The van der Waals surface area contributed by atoms with Crippen LogP contribution in [0.3, 0.4) is 0 Å². The number of hydrogen-bond donors (Lipinski definition) is 2. The van der Waals surface area contributed by atoms with Crippen molar-refractivity contribution in [3.05, 3.63) is 46.9 Å². The van der Waals surface area contributed by atoms with Gasteiger partial charge in [0.15, 0.2) is 5.75 Å². The largest absolute Gasteiger partial charge is 0.455 e. The molecule has 0 aromatic heterocycles. The number of anilines is 1. The van der Waals surface area contributed by atoms with Crippen LogP contribution in [0.1, 0.15) is 0 Å². The first-order valence-electron chi connectivity index (χ1n) is 5.22. The molecule has 5 nitrogen and oxygen atoms in total.